The van der Waals surface area contributed by atoms with Gasteiger partial charge in [0.1, 0.15) is 24.9 Å². The molecule has 2 amide bonds. The number of aryl methyl sites for hydroxylation is 1. The monoisotopic (exact) mass is 518 g/mol. The summed E-state index contributed by atoms with van der Waals surface area (Å²) >= 11 is 0. The molecule has 0 fully saturated rings. The number of hydrogen-bond acceptors (Lipinski definition) is 6. The number of aromatic nitrogens is 3. The summed E-state index contributed by atoms with van der Waals surface area (Å²) < 4.78 is 6.82. The number of benzene rings is 2. The highest BCUT2D eigenvalue weighted by atomic mass is 16.5. The molecule has 2 aromatic carbocycles. The van der Waals surface area contributed by atoms with Gasteiger partial charge in [0, 0.05) is 38.8 Å². The quantitative estimate of drug-likeness (QED) is 0.498. The highest BCUT2D eigenvalue weighted by molar-refractivity contribution is 5.96. The van der Waals surface area contributed by atoms with Crippen molar-refractivity contribution in [2.75, 3.05) is 38.2 Å². The second-order valence-corrected chi connectivity index (χ2v) is 10.0. The number of amides is 2. The van der Waals surface area contributed by atoms with Gasteiger partial charge >= 0.3 is 0 Å². The lowest BCUT2D eigenvalue weighted by Crippen LogP contribution is -2.42. The molecule has 4 rings (SSSR count). The van der Waals surface area contributed by atoms with Crippen molar-refractivity contribution in [3.05, 3.63) is 71.8 Å². The number of methoxy groups -OCH3 is 1. The molecule has 1 aliphatic heterocycles. The molecule has 0 bridgehead atoms. The Morgan fingerprint density at radius 3 is 2.47 bits per heavy atom. The van der Waals surface area contributed by atoms with Crippen LogP contribution in [0.2, 0.25) is 0 Å². The first kappa shape index (κ1) is 27.3. The van der Waals surface area contributed by atoms with Gasteiger partial charge in [0.25, 0.3) is 0 Å². The first-order valence-electron chi connectivity index (χ1n) is 13.2. The predicted molar refractivity (Wildman–Crippen MR) is 147 cm³/mol. The minimum Gasteiger partial charge on any atom is -0.497 e. The van der Waals surface area contributed by atoms with Crippen molar-refractivity contribution in [2.24, 2.45) is 0 Å². The Kier molecular flexibility index (Phi) is 9.12. The summed E-state index contributed by atoms with van der Waals surface area (Å²) in [5.74, 6) is 0.783. The number of nitrogens with zero attached hydrogens (tertiary/aromatic N) is 6. The summed E-state index contributed by atoms with van der Waals surface area (Å²) in [4.78, 5) is 37.4. The van der Waals surface area contributed by atoms with Crippen molar-refractivity contribution in [1.29, 1.82) is 0 Å². The maximum atomic E-state index is 13.8. The fourth-order valence-corrected chi connectivity index (χ4v) is 4.97. The third-order valence-corrected chi connectivity index (χ3v) is 7.10. The summed E-state index contributed by atoms with van der Waals surface area (Å²) in [5.41, 5.74) is 3.84. The molecular formula is C29H38N6O3. The maximum Gasteiger partial charge on any atom is 0.244 e. The van der Waals surface area contributed by atoms with Gasteiger partial charge in [-0.1, -0.05) is 30.3 Å². The SMILES string of the molecule is COc1ccc(CC(=O)N2CCCN(C(C)C)CCN(C(=O)Cn3cncn3)Cc3cccc(C)c32)cc1. The van der Waals surface area contributed by atoms with E-state index < -0.39 is 0 Å². The van der Waals surface area contributed by atoms with Crippen molar-refractivity contribution in [1.82, 2.24) is 24.6 Å². The number of carbonyl (C=O) groups is 2. The largest absolute Gasteiger partial charge is 0.497 e. The third kappa shape index (κ3) is 6.77. The van der Waals surface area contributed by atoms with Crippen molar-refractivity contribution in [3.8, 4) is 5.75 Å². The Balaban J connectivity index is 1.66. The van der Waals surface area contributed by atoms with E-state index in [0.29, 0.717) is 32.1 Å². The molecule has 0 saturated carbocycles. The molecule has 3 aromatic rings. The molecule has 0 saturated heterocycles. The number of para-hydroxylation sites is 1. The molecule has 38 heavy (non-hydrogen) atoms. The van der Waals surface area contributed by atoms with Crippen LogP contribution in [0.5, 0.6) is 5.75 Å². The van der Waals surface area contributed by atoms with Gasteiger partial charge in [-0.25, -0.2) is 9.67 Å². The summed E-state index contributed by atoms with van der Waals surface area (Å²) in [7, 11) is 1.63. The van der Waals surface area contributed by atoms with Crippen LogP contribution in [-0.2, 0) is 29.1 Å². The number of fused-ring (bicyclic) bond motifs is 1. The fourth-order valence-electron chi connectivity index (χ4n) is 4.97. The van der Waals surface area contributed by atoms with E-state index in [1.807, 2.05) is 59.2 Å². The summed E-state index contributed by atoms with van der Waals surface area (Å²) in [6, 6.07) is 14.0. The van der Waals surface area contributed by atoms with Gasteiger partial charge in [-0.2, -0.15) is 5.10 Å². The second kappa shape index (κ2) is 12.7. The zero-order chi connectivity index (χ0) is 27.1. The normalized spacial score (nSPS) is 15.2. The molecule has 0 unspecified atom stereocenters. The van der Waals surface area contributed by atoms with Gasteiger partial charge in [-0.3, -0.25) is 14.5 Å². The third-order valence-electron chi connectivity index (χ3n) is 7.10. The van der Waals surface area contributed by atoms with Crippen LogP contribution in [0.3, 0.4) is 0 Å². The van der Waals surface area contributed by atoms with E-state index >= 15 is 0 Å². The minimum atomic E-state index is -0.0259. The number of hydrogen-bond donors (Lipinski definition) is 0. The molecule has 1 aromatic heterocycles. The van der Waals surface area contributed by atoms with Crippen molar-refractivity contribution >= 4 is 17.5 Å². The topological polar surface area (TPSA) is 83.8 Å². The Morgan fingerprint density at radius 2 is 1.79 bits per heavy atom. The number of anilines is 1. The van der Waals surface area contributed by atoms with Gasteiger partial charge < -0.3 is 14.5 Å². The van der Waals surface area contributed by atoms with Crippen LogP contribution in [-0.4, -0.2) is 75.7 Å². The minimum absolute atomic E-state index is 0.0259. The first-order valence-corrected chi connectivity index (χ1v) is 13.2. The molecule has 0 aliphatic carbocycles. The Labute approximate surface area is 225 Å². The van der Waals surface area contributed by atoms with E-state index in [-0.39, 0.29) is 18.4 Å². The van der Waals surface area contributed by atoms with Crippen LogP contribution in [0.1, 0.15) is 37.0 Å². The Morgan fingerprint density at radius 1 is 1.00 bits per heavy atom. The summed E-state index contributed by atoms with van der Waals surface area (Å²) in [6.07, 6.45) is 4.13. The van der Waals surface area contributed by atoms with Crippen LogP contribution in [0.4, 0.5) is 5.69 Å². The lowest BCUT2D eigenvalue weighted by atomic mass is 10.0. The molecule has 2 heterocycles. The van der Waals surface area contributed by atoms with Crippen LogP contribution < -0.4 is 9.64 Å². The van der Waals surface area contributed by atoms with E-state index in [9.17, 15) is 9.59 Å². The van der Waals surface area contributed by atoms with Gasteiger partial charge in [-0.15, -0.1) is 0 Å². The van der Waals surface area contributed by atoms with E-state index in [1.165, 1.54) is 6.33 Å². The number of carbonyl (C=O) groups excluding carboxylic acids is 2. The standard InChI is InChI=1S/C29H38N6O3/c1-22(2)32-13-6-14-35(27(36)17-24-9-11-26(38-4)12-10-24)29-23(3)7-5-8-25(29)18-33(16-15-32)28(37)19-34-21-30-20-31-34/h5,7-12,20-22H,6,13-19H2,1-4H3. The highest BCUT2D eigenvalue weighted by Crippen LogP contribution is 2.29. The molecule has 0 radical (unpaired) electrons. The van der Waals surface area contributed by atoms with Crippen molar-refractivity contribution < 1.29 is 14.3 Å². The van der Waals surface area contributed by atoms with Gasteiger partial charge in [0.2, 0.25) is 11.8 Å². The fraction of sp³-hybridized carbons (Fsp3) is 0.448. The molecule has 0 atom stereocenters. The Bertz CT molecular complexity index is 1210. The molecule has 0 spiro atoms. The van der Waals surface area contributed by atoms with Crippen molar-refractivity contribution in [3.63, 3.8) is 0 Å². The van der Waals surface area contributed by atoms with Crippen molar-refractivity contribution in [2.45, 2.75) is 52.7 Å². The van der Waals surface area contributed by atoms with Crippen LogP contribution in [0, 0.1) is 6.92 Å². The molecule has 9 heteroatoms. The van der Waals surface area contributed by atoms with E-state index in [2.05, 4.69) is 28.8 Å². The zero-order valence-corrected chi connectivity index (χ0v) is 22.8. The lowest BCUT2D eigenvalue weighted by molar-refractivity contribution is -0.133. The molecule has 1 aliphatic rings. The molecule has 0 N–H and O–H groups in total. The smallest absolute Gasteiger partial charge is 0.244 e. The number of rotatable bonds is 6. The van der Waals surface area contributed by atoms with E-state index in [1.54, 1.807) is 18.1 Å². The maximum absolute atomic E-state index is 13.8. The van der Waals surface area contributed by atoms with Crippen LogP contribution in [0.15, 0.2) is 55.1 Å². The first-order chi connectivity index (χ1) is 18.4. The summed E-state index contributed by atoms with van der Waals surface area (Å²) in [5, 5.41) is 4.12. The average Bonchev–Trinajstić information content (AvgIpc) is 3.40. The molecular weight excluding hydrogens is 480 g/mol. The average molecular weight is 519 g/mol. The second-order valence-electron chi connectivity index (χ2n) is 10.0. The molecule has 202 valence electrons. The molecule has 9 nitrogen and oxygen atoms in total. The number of ether oxygens (including phenoxy) is 1. The van der Waals surface area contributed by atoms with Crippen LogP contribution >= 0.6 is 0 Å². The van der Waals surface area contributed by atoms with Gasteiger partial charge in [0.15, 0.2) is 0 Å². The summed E-state index contributed by atoms with van der Waals surface area (Å²) in [6.45, 7) is 9.75. The zero-order valence-electron chi connectivity index (χ0n) is 22.8. The van der Waals surface area contributed by atoms with E-state index in [0.717, 1.165) is 47.6 Å². The van der Waals surface area contributed by atoms with E-state index in [4.69, 9.17) is 4.74 Å². The van der Waals surface area contributed by atoms with Crippen LogP contribution in [0.25, 0.3) is 0 Å². The van der Waals surface area contributed by atoms with Gasteiger partial charge in [-0.05, 0) is 56.0 Å². The van der Waals surface area contributed by atoms with Gasteiger partial charge in [0.05, 0.1) is 19.2 Å². The Hall–Kier alpha value is -3.72. The lowest BCUT2D eigenvalue weighted by Gasteiger charge is -2.30. The predicted octanol–water partition coefficient (Wildman–Crippen LogP) is 3.31. The highest BCUT2D eigenvalue weighted by Gasteiger charge is 2.26.